The van der Waals surface area contributed by atoms with Crippen LogP contribution in [-0.4, -0.2) is 20.0 Å². The zero-order valence-corrected chi connectivity index (χ0v) is 12.8. The fourth-order valence-corrected chi connectivity index (χ4v) is 2.83. The van der Waals surface area contributed by atoms with E-state index in [-0.39, 0.29) is 11.8 Å². The van der Waals surface area contributed by atoms with Crippen LogP contribution in [0, 0.1) is 5.82 Å². The van der Waals surface area contributed by atoms with Gasteiger partial charge in [0.2, 0.25) is 0 Å². The number of halogens is 1. The normalized spacial score (nSPS) is 12.0. The van der Waals surface area contributed by atoms with Crippen molar-refractivity contribution >= 4 is 11.8 Å². The van der Waals surface area contributed by atoms with Gasteiger partial charge in [0.15, 0.2) is 11.6 Å². The number of rotatable bonds is 6. The van der Waals surface area contributed by atoms with Gasteiger partial charge in [-0.25, -0.2) is 4.39 Å². The standard InChI is InChI=1S/C16H18FNO2S/c1-19-12-4-3-5-13(9-12)21-10-15(18)11-6-7-16(20-2)14(17)8-11/h3-9,15H,10,18H2,1-2H3. The number of hydrogen-bond donors (Lipinski definition) is 1. The van der Waals surface area contributed by atoms with E-state index in [0.29, 0.717) is 5.75 Å². The molecule has 0 heterocycles. The first-order valence-corrected chi connectivity index (χ1v) is 7.48. The van der Waals surface area contributed by atoms with Crippen molar-refractivity contribution < 1.29 is 13.9 Å². The first-order chi connectivity index (χ1) is 10.1. The molecule has 0 saturated carbocycles. The summed E-state index contributed by atoms with van der Waals surface area (Å²) in [5, 5.41) is 0. The predicted octanol–water partition coefficient (Wildman–Crippen LogP) is 3.64. The van der Waals surface area contributed by atoms with Gasteiger partial charge in [-0.1, -0.05) is 12.1 Å². The molecule has 3 nitrogen and oxygen atoms in total. The second kappa shape index (κ2) is 7.33. The van der Waals surface area contributed by atoms with Crippen LogP contribution < -0.4 is 15.2 Å². The molecule has 2 rings (SSSR count). The summed E-state index contributed by atoms with van der Waals surface area (Å²) in [6.45, 7) is 0. The average Bonchev–Trinajstić information content (AvgIpc) is 2.52. The molecule has 0 saturated heterocycles. The summed E-state index contributed by atoms with van der Waals surface area (Å²) in [5.41, 5.74) is 6.87. The fraction of sp³-hybridized carbons (Fsp3) is 0.250. The molecule has 0 amide bonds. The first kappa shape index (κ1) is 15.7. The van der Waals surface area contributed by atoms with Crippen LogP contribution in [-0.2, 0) is 0 Å². The molecule has 0 aliphatic carbocycles. The third-order valence-corrected chi connectivity index (χ3v) is 4.19. The van der Waals surface area contributed by atoms with Crippen molar-refractivity contribution in [2.24, 2.45) is 5.73 Å². The molecule has 2 N–H and O–H groups in total. The SMILES string of the molecule is COc1cccc(SCC(N)c2ccc(OC)c(F)c2)c1. The molecule has 0 aliphatic rings. The van der Waals surface area contributed by atoms with Crippen LogP contribution in [0.25, 0.3) is 0 Å². The van der Waals surface area contributed by atoms with Crippen molar-refractivity contribution in [1.29, 1.82) is 0 Å². The first-order valence-electron chi connectivity index (χ1n) is 6.50. The minimum absolute atomic E-state index is 0.228. The lowest BCUT2D eigenvalue weighted by molar-refractivity contribution is 0.386. The van der Waals surface area contributed by atoms with E-state index < -0.39 is 5.82 Å². The largest absolute Gasteiger partial charge is 0.497 e. The Morgan fingerprint density at radius 3 is 2.62 bits per heavy atom. The van der Waals surface area contributed by atoms with Gasteiger partial charge in [0.1, 0.15) is 5.75 Å². The van der Waals surface area contributed by atoms with E-state index in [1.807, 2.05) is 24.3 Å². The second-order valence-electron chi connectivity index (χ2n) is 4.49. The van der Waals surface area contributed by atoms with Crippen LogP contribution in [0.5, 0.6) is 11.5 Å². The summed E-state index contributed by atoms with van der Waals surface area (Å²) in [6.07, 6.45) is 0. The molecule has 1 atom stereocenters. The summed E-state index contributed by atoms with van der Waals surface area (Å²) >= 11 is 1.61. The maximum atomic E-state index is 13.7. The molecule has 5 heteroatoms. The van der Waals surface area contributed by atoms with Crippen molar-refractivity contribution in [3.8, 4) is 11.5 Å². The van der Waals surface area contributed by atoms with Gasteiger partial charge in [0.25, 0.3) is 0 Å². The molecule has 21 heavy (non-hydrogen) atoms. The molecule has 0 radical (unpaired) electrons. The molecule has 0 spiro atoms. The molecular weight excluding hydrogens is 289 g/mol. The van der Waals surface area contributed by atoms with Crippen LogP contribution in [0.15, 0.2) is 47.4 Å². The third-order valence-electron chi connectivity index (χ3n) is 3.07. The molecule has 112 valence electrons. The highest BCUT2D eigenvalue weighted by Crippen LogP contribution is 2.28. The van der Waals surface area contributed by atoms with Gasteiger partial charge >= 0.3 is 0 Å². The van der Waals surface area contributed by atoms with Gasteiger partial charge in [0, 0.05) is 16.7 Å². The Labute approximate surface area is 128 Å². The highest BCUT2D eigenvalue weighted by Gasteiger charge is 2.11. The van der Waals surface area contributed by atoms with Crippen LogP contribution in [0.3, 0.4) is 0 Å². The zero-order valence-electron chi connectivity index (χ0n) is 12.0. The van der Waals surface area contributed by atoms with E-state index in [1.54, 1.807) is 31.0 Å². The van der Waals surface area contributed by atoms with E-state index in [9.17, 15) is 4.39 Å². The van der Waals surface area contributed by atoms with Gasteiger partial charge in [-0.05, 0) is 35.9 Å². The smallest absolute Gasteiger partial charge is 0.165 e. The molecule has 0 bridgehead atoms. The number of hydrogen-bond acceptors (Lipinski definition) is 4. The van der Waals surface area contributed by atoms with Gasteiger partial charge in [0.05, 0.1) is 14.2 Å². The van der Waals surface area contributed by atoms with Crippen molar-refractivity contribution in [2.45, 2.75) is 10.9 Å². The summed E-state index contributed by atoms with van der Waals surface area (Å²) in [6, 6.07) is 12.3. The van der Waals surface area contributed by atoms with Crippen LogP contribution in [0.1, 0.15) is 11.6 Å². The molecule has 2 aromatic rings. The van der Waals surface area contributed by atoms with E-state index in [1.165, 1.54) is 13.2 Å². The van der Waals surface area contributed by atoms with Crippen LogP contribution in [0.4, 0.5) is 4.39 Å². The number of ether oxygens (including phenoxy) is 2. The van der Waals surface area contributed by atoms with Gasteiger partial charge < -0.3 is 15.2 Å². The van der Waals surface area contributed by atoms with E-state index in [0.717, 1.165) is 16.2 Å². The maximum Gasteiger partial charge on any atom is 0.165 e. The van der Waals surface area contributed by atoms with Gasteiger partial charge in [-0.15, -0.1) is 11.8 Å². The van der Waals surface area contributed by atoms with Crippen molar-refractivity contribution in [3.63, 3.8) is 0 Å². The van der Waals surface area contributed by atoms with E-state index >= 15 is 0 Å². The van der Waals surface area contributed by atoms with Crippen molar-refractivity contribution in [1.82, 2.24) is 0 Å². The topological polar surface area (TPSA) is 44.5 Å². The van der Waals surface area contributed by atoms with Crippen molar-refractivity contribution in [2.75, 3.05) is 20.0 Å². The Morgan fingerprint density at radius 2 is 1.95 bits per heavy atom. The Balaban J connectivity index is 2.00. The predicted molar refractivity (Wildman–Crippen MR) is 83.6 cm³/mol. The number of nitrogens with two attached hydrogens (primary N) is 1. The average molecular weight is 307 g/mol. The number of methoxy groups -OCH3 is 2. The third kappa shape index (κ3) is 4.12. The molecular formula is C16H18FNO2S. The molecule has 0 aliphatic heterocycles. The number of benzene rings is 2. The van der Waals surface area contributed by atoms with Gasteiger partial charge in [-0.3, -0.25) is 0 Å². The molecule has 1 unspecified atom stereocenters. The van der Waals surface area contributed by atoms with Crippen LogP contribution in [0.2, 0.25) is 0 Å². The quantitative estimate of drug-likeness (QED) is 0.828. The van der Waals surface area contributed by atoms with Gasteiger partial charge in [-0.2, -0.15) is 0 Å². The summed E-state index contributed by atoms with van der Waals surface area (Å²) in [7, 11) is 3.08. The molecule has 0 aromatic heterocycles. The summed E-state index contributed by atoms with van der Waals surface area (Å²) in [4.78, 5) is 1.07. The zero-order chi connectivity index (χ0) is 15.2. The van der Waals surface area contributed by atoms with E-state index in [2.05, 4.69) is 0 Å². The lowest BCUT2D eigenvalue weighted by atomic mass is 10.1. The highest BCUT2D eigenvalue weighted by atomic mass is 32.2. The Kier molecular flexibility index (Phi) is 5.47. The van der Waals surface area contributed by atoms with Crippen LogP contribution >= 0.6 is 11.8 Å². The minimum Gasteiger partial charge on any atom is -0.497 e. The molecule has 2 aromatic carbocycles. The lowest BCUT2D eigenvalue weighted by Crippen LogP contribution is -2.13. The second-order valence-corrected chi connectivity index (χ2v) is 5.58. The molecule has 0 fully saturated rings. The fourth-order valence-electron chi connectivity index (χ4n) is 1.89. The Hall–Kier alpha value is -1.72. The van der Waals surface area contributed by atoms with Crippen molar-refractivity contribution in [3.05, 3.63) is 53.8 Å². The lowest BCUT2D eigenvalue weighted by Gasteiger charge is -2.13. The Bertz CT molecular complexity index is 607. The monoisotopic (exact) mass is 307 g/mol. The summed E-state index contributed by atoms with van der Waals surface area (Å²) < 4.78 is 23.7. The highest BCUT2D eigenvalue weighted by molar-refractivity contribution is 7.99. The number of thioether (sulfide) groups is 1. The minimum atomic E-state index is -0.392. The van der Waals surface area contributed by atoms with E-state index in [4.69, 9.17) is 15.2 Å². The Morgan fingerprint density at radius 1 is 1.14 bits per heavy atom. The maximum absolute atomic E-state index is 13.7. The summed E-state index contributed by atoms with van der Waals surface area (Å²) in [5.74, 6) is 1.30.